The van der Waals surface area contributed by atoms with Crippen LogP contribution in [0.5, 0.6) is 5.75 Å². The lowest BCUT2D eigenvalue weighted by Gasteiger charge is -2.14. The first kappa shape index (κ1) is 15.3. The van der Waals surface area contributed by atoms with E-state index >= 15 is 0 Å². The van der Waals surface area contributed by atoms with Gasteiger partial charge in [0.2, 0.25) is 0 Å². The molecule has 2 amide bonds. The van der Waals surface area contributed by atoms with Crippen LogP contribution in [0.25, 0.3) is 0 Å². The molecule has 3 N–H and O–H groups in total. The second-order valence-electron chi connectivity index (χ2n) is 3.82. The predicted molar refractivity (Wildman–Crippen MR) is 74.7 cm³/mol. The molecule has 6 nitrogen and oxygen atoms in total. The molecule has 0 aliphatic heterocycles. The van der Waals surface area contributed by atoms with Gasteiger partial charge in [0.1, 0.15) is 5.75 Å². The van der Waals surface area contributed by atoms with Gasteiger partial charge in [-0.05, 0) is 24.6 Å². The highest BCUT2D eigenvalue weighted by atomic mass is 79.9. The molecule has 0 saturated carbocycles. The maximum Gasteiger partial charge on any atom is 0.319 e. The molecule has 0 atom stereocenters. The van der Waals surface area contributed by atoms with E-state index in [0.717, 1.165) is 10.0 Å². The lowest BCUT2D eigenvalue weighted by atomic mass is 10.2. The van der Waals surface area contributed by atoms with Crippen molar-refractivity contribution in [1.82, 2.24) is 5.32 Å². The second-order valence-corrected chi connectivity index (χ2v) is 4.74. The standard InChI is InChI=1S/C12H15BrN2O4/c1-7-5-8(13)6-9(19-2)11(7)15-12(18)14-4-3-10(16)17/h5-6H,3-4H2,1-2H3,(H,16,17)(H2,14,15,18). The molecule has 0 bridgehead atoms. The van der Waals surface area contributed by atoms with E-state index in [0.29, 0.717) is 11.4 Å². The van der Waals surface area contributed by atoms with Crippen LogP contribution in [0, 0.1) is 6.92 Å². The first-order valence-electron chi connectivity index (χ1n) is 5.55. The number of aryl methyl sites for hydroxylation is 1. The van der Waals surface area contributed by atoms with Crippen LogP contribution in [0.2, 0.25) is 0 Å². The summed E-state index contributed by atoms with van der Waals surface area (Å²) in [6.45, 7) is 1.90. The number of rotatable bonds is 5. The molecule has 0 aliphatic rings. The number of nitrogens with one attached hydrogen (secondary N) is 2. The number of methoxy groups -OCH3 is 1. The number of urea groups is 1. The summed E-state index contributed by atoms with van der Waals surface area (Å²) in [7, 11) is 1.51. The molecule has 1 aromatic rings. The molecular weight excluding hydrogens is 316 g/mol. The minimum Gasteiger partial charge on any atom is -0.495 e. The minimum atomic E-state index is -0.960. The number of halogens is 1. The van der Waals surface area contributed by atoms with Gasteiger partial charge < -0.3 is 20.5 Å². The minimum absolute atomic E-state index is 0.0685. The number of hydrogen-bond donors (Lipinski definition) is 3. The summed E-state index contributed by atoms with van der Waals surface area (Å²) < 4.78 is 6.03. The van der Waals surface area contributed by atoms with E-state index in [2.05, 4.69) is 26.6 Å². The Kier molecular flexibility index (Phi) is 5.62. The molecule has 0 heterocycles. The number of amides is 2. The highest BCUT2D eigenvalue weighted by Gasteiger charge is 2.11. The van der Waals surface area contributed by atoms with Crippen molar-refractivity contribution in [3.05, 3.63) is 22.2 Å². The van der Waals surface area contributed by atoms with E-state index in [4.69, 9.17) is 9.84 Å². The average molecular weight is 331 g/mol. The molecule has 1 aromatic carbocycles. The fourth-order valence-corrected chi connectivity index (χ4v) is 2.03. The number of benzene rings is 1. The van der Waals surface area contributed by atoms with Crippen molar-refractivity contribution in [2.24, 2.45) is 0 Å². The monoisotopic (exact) mass is 330 g/mol. The molecule has 0 aliphatic carbocycles. The number of carbonyl (C=O) groups excluding carboxylic acids is 1. The smallest absolute Gasteiger partial charge is 0.319 e. The van der Waals surface area contributed by atoms with Crippen LogP contribution < -0.4 is 15.4 Å². The van der Waals surface area contributed by atoms with Gasteiger partial charge in [-0.3, -0.25) is 4.79 Å². The van der Waals surface area contributed by atoms with Gasteiger partial charge in [0, 0.05) is 11.0 Å². The maximum atomic E-state index is 11.6. The van der Waals surface area contributed by atoms with E-state index in [1.54, 1.807) is 6.07 Å². The molecule has 7 heteroatoms. The maximum absolute atomic E-state index is 11.6. The Morgan fingerprint density at radius 2 is 2.11 bits per heavy atom. The Balaban J connectivity index is 2.71. The van der Waals surface area contributed by atoms with E-state index in [9.17, 15) is 9.59 Å². The zero-order valence-electron chi connectivity index (χ0n) is 10.6. The van der Waals surface area contributed by atoms with Crippen molar-refractivity contribution in [1.29, 1.82) is 0 Å². The topological polar surface area (TPSA) is 87.7 Å². The summed E-state index contributed by atoms with van der Waals surface area (Å²) in [6.07, 6.45) is -0.121. The number of hydrogen-bond acceptors (Lipinski definition) is 3. The Morgan fingerprint density at radius 3 is 2.68 bits per heavy atom. The lowest BCUT2D eigenvalue weighted by molar-refractivity contribution is -0.136. The third-order valence-electron chi connectivity index (χ3n) is 2.35. The first-order chi connectivity index (χ1) is 8.93. The zero-order chi connectivity index (χ0) is 14.4. The summed E-state index contributed by atoms with van der Waals surface area (Å²) >= 11 is 3.34. The van der Waals surface area contributed by atoms with Crippen molar-refractivity contribution in [2.75, 3.05) is 19.0 Å². The molecule has 19 heavy (non-hydrogen) atoms. The molecule has 0 fully saturated rings. The fourth-order valence-electron chi connectivity index (χ4n) is 1.47. The van der Waals surface area contributed by atoms with Crippen LogP contribution in [-0.4, -0.2) is 30.8 Å². The number of carboxylic acid groups (broad SMARTS) is 1. The van der Waals surface area contributed by atoms with Gasteiger partial charge in [0.15, 0.2) is 0 Å². The third kappa shape index (κ3) is 4.78. The van der Waals surface area contributed by atoms with Crippen LogP contribution in [0.3, 0.4) is 0 Å². The number of carbonyl (C=O) groups is 2. The highest BCUT2D eigenvalue weighted by Crippen LogP contribution is 2.31. The van der Waals surface area contributed by atoms with Gasteiger partial charge in [-0.25, -0.2) is 4.79 Å². The first-order valence-corrected chi connectivity index (χ1v) is 6.34. The zero-order valence-corrected chi connectivity index (χ0v) is 12.2. The Hall–Kier alpha value is -1.76. The summed E-state index contributed by atoms with van der Waals surface area (Å²) in [6, 6.07) is 3.11. The van der Waals surface area contributed by atoms with Crippen LogP contribution in [0.1, 0.15) is 12.0 Å². The van der Waals surface area contributed by atoms with Gasteiger partial charge in [-0.1, -0.05) is 15.9 Å². The molecular formula is C12H15BrN2O4. The number of anilines is 1. The van der Waals surface area contributed by atoms with Crippen LogP contribution in [-0.2, 0) is 4.79 Å². The van der Waals surface area contributed by atoms with E-state index < -0.39 is 12.0 Å². The largest absolute Gasteiger partial charge is 0.495 e. The van der Waals surface area contributed by atoms with E-state index in [1.165, 1.54) is 7.11 Å². The molecule has 0 radical (unpaired) electrons. The summed E-state index contributed by atoms with van der Waals surface area (Å²) in [5, 5.41) is 13.6. The molecule has 0 unspecified atom stereocenters. The van der Waals surface area contributed by atoms with Crippen molar-refractivity contribution < 1.29 is 19.4 Å². The molecule has 104 valence electrons. The van der Waals surface area contributed by atoms with Crippen LogP contribution >= 0.6 is 15.9 Å². The summed E-state index contributed by atoms with van der Waals surface area (Å²) in [5.74, 6) is -0.432. The van der Waals surface area contributed by atoms with Gasteiger partial charge in [-0.2, -0.15) is 0 Å². The SMILES string of the molecule is COc1cc(Br)cc(C)c1NC(=O)NCCC(=O)O. The van der Waals surface area contributed by atoms with Crippen molar-refractivity contribution in [3.8, 4) is 5.75 Å². The number of ether oxygens (including phenoxy) is 1. The molecule has 0 spiro atoms. The average Bonchev–Trinajstić information content (AvgIpc) is 2.31. The van der Waals surface area contributed by atoms with Crippen molar-refractivity contribution in [3.63, 3.8) is 0 Å². The van der Waals surface area contributed by atoms with Gasteiger partial charge in [-0.15, -0.1) is 0 Å². The van der Waals surface area contributed by atoms with Gasteiger partial charge in [0.05, 0.1) is 19.2 Å². The summed E-state index contributed by atoms with van der Waals surface area (Å²) in [4.78, 5) is 22.0. The molecule has 0 aromatic heterocycles. The normalized spacial score (nSPS) is 9.84. The second kappa shape index (κ2) is 6.98. The van der Waals surface area contributed by atoms with Gasteiger partial charge in [0.25, 0.3) is 0 Å². The Labute approximate surface area is 119 Å². The quantitative estimate of drug-likeness (QED) is 0.773. The predicted octanol–water partition coefficient (Wildman–Crippen LogP) is 2.36. The Morgan fingerprint density at radius 1 is 1.42 bits per heavy atom. The van der Waals surface area contributed by atoms with Crippen molar-refractivity contribution >= 4 is 33.6 Å². The number of aliphatic carboxylic acids is 1. The van der Waals surface area contributed by atoms with Crippen LogP contribution in [0.4, 0.5) is 10.5 Å². The van der Waals surface area contributed by atoms with Gasteiger partial charge >= 0.3 is 12.0 Å². The molecule has 1 rings (SSSR count). The van der Waals surface area contributed by atoms with E-state index in [1.807, 2.05) is 13.0 Å². The number of carboxylic acids is 1. The van der Waals surface area contributed by atoms with Crippen LogP contribution in [0.15, 0.2) is 16.6 Å². The third-order valence-corrected chi connectivity index (χ3v) is 2.80. The van der Waals surface area contributed by atoms with E-state index in [-0.39, 0.29) is 13.0 Å². The highest BCUT2D eigenvalue weighted by molar-refractivity contribution is 9.10. The molecule has 0 saturated heterocycles. The van der Waals surface area contributed by atoms with Crippen molar-refractivity contribution in [2.45, 2.75) is 13.3 Å². The fraction of sp³-hybridized carbons (Fsp3) is 0.333. The Bertz CT molecular complexity index is 491. The summed E-state index contributed by atoms with van der Waals surface area (Å²) in [5.41, 5.74) is 1.39. The lowest BCUT2D eigenvalue weighted by Crippen LogP contribution is -2.31.